The molecule has 2 fully saturated rings. The summed E-state index contributed by atoms with van der Waals surface area (Å²) < 4.78 is 1.99. The van der Waals surface area contributed by atoms with Crippen LogP contribution in [0.5, 0.6) is 0 Å². The third kappa shape index (κ3) is 4.14. The molecule has 1 saturated heterocycles. The Balaban J connectivity index is 1.66. The second-order valence-electron chi connectivity index (χ2n) is 7.64. The number of carbonyl (C=O) groups excluding carboxylic acids is 1. The molecule has 2 atom stereocenters. The number of hydrogen-bond donors (Lipinski definition) is 2. The van der Waals surface area contributed by atoms with Gasteiger partial charge in [-0.15, -0.1) is 0 Å². The summed E-state index contributed by atoms with van der Waals surface area (Å²) in [5, 5.41) is 16.7. The minimum absolute atomic E-state index is 0.182. The molecule has 1 aliphatic heterocycles. The van der Waals surface area contributed by atoms with Crippen molar-refractivity contribution in [2.45, 2.75) is 58.4 Å². The first kappa shape index (κ1) is 17.8. The van der Waals surface area contributed by atoms with Crippen LogP contribution in [0.1, 0.15) is 57.1 Å². The highest BCUT2D eigenvalue weighted by Crippen LogP contribution is 2.29. The summed E-state index contributed by atoms with van der Waals surface area (Å²) >= 11 is 0. The van der Waals surface area contributed by atoms with Crippen LogP contribution in [0, 0.1) is 18.8 Å². The van der Waals surface area contributed by atoms with Gasteiger partial charge in [0.15, 0.2) is 5.82 Å². The maximum atomic E-state index is 12.6. The Labute approximate surface area is 148 Å². The predicted octanol–water partition coefficient (Wildman–Crippen LogP) is 3.27. The molecule has 1 aromatic heterocycles. The molecule has 2 heterocycles. The van der Waals surface area contributed by atoms with E-state index in [-0.39, 0.29) is 18.5 Å². The number of urea groups is 1. The molecule has 138 valence electrons. The van der Waals surface area contributed by atoms with Gasteiger partial charge >= 0.3 is 12.0 Å². The number of aliphatic carboxylic acids is 1. The number of carboxylic acid groups (broad SMARTS) is 1. The average Bonchev–Trinajstić information content (AvgIpc) is 2.96. The maximum Gasteiger partial charge on any atom is 0.323 e. The molecule has 1 aromatic rings. The van der Waals surface area contributed by atoms with Crippen molar-refractivity contribution in [2.75, 3.05) is 18.4 Å². The number of rotatable bonds is 3. The lowest BCUT2D eigenvalue weighted by Gasteiger charge is -2.34. The fraction of sp³-hybridized carbons (Fsp3) is 0.722. The SMILES string of the molecule is Cc1cn(C2CCCCC2)nc1NC(=O)N1CC(C)CC(C(=O)O)C1. The van der Waals surface area contributed by atoms with E-state index in [1.54, 1.807) is 4.90 Å². The highest BCUT2D eigenvalue weighted by atomic mass is 16.4. The Morgan fingerprint density at radius 1 is 1.24 bits per heavy atom. The predicted molar refractivity (Wildman–Crippen MR) is 94.6 cm³/mol. The number of nitrogens with zero attached hydrogens (tertiary/aromatic N) is 3. The molecule has 0 spiro atoms. The van der Waals surface area contributed by atoms with E-state index in [0.717, 1.165) is 18.4 Å². The Morgan fingerprint density at radius 3 is 2.64 bits per heavy atom. The molecule has 7 nitrogen and oxygen atoms in total. The zero-order valence-electron chi connectivity index (χ0n) is 15.1. The summed E-state index contributed by atoms with van der Waals surface area (Å²) in [7, 11) is 0. The van der Waals surface area contributed by atoms with Gasteiger partial charge in [0.2, 0.25) is 0 Å². The van der Waals surface area contributed by atoms with Crippen LogP contribution in [0.4, 0.5) is 10.6 Å². The maximum absolute atomic E-state index is 12.6. The van der Waals surface area contributed by atoms with Crippen LogP contribution in [-0.4, -0.2) is 44.9 Å². The van der Waals surface area contributed by atoms with Crippen LogP contribution in [-0.2, 0) is 4.79 Å². The number of likely N-dealkylation sites (tertiary alicyclic amines) is 1. The normalized spacial score (nSPS) is 25.0. The van der Waals surface area contributed by atoms with Crippen LogP contribution in [0.3, 0.4) is 0 Å². The number of amides is 2. The number of carbonyl (C=O) groups is 2. The van der Waals surface area contributed by atoms with Crippen molar-refractivity contribution in [1.29, 1.82) is 0 Å². The van der Waals surface area contributed by atoms with Gasteiger partial charge in [-0.05, 0) is 32.1 Å². The van der Waals surface area contributed by atoms with E-state index in [4.69, 9.17) is 0 Å². The molecule has 25 heavy (non-hydrogen) atoms. The number of anilines is 1. The van der Waals surface area contributed by atoms with Crippen LogP contribution in [0.15, 0.2) is 6.20 Å². The zero-order chi connectivity index (χ0) is 18.0. The summed E-state index contributed by atoms with van der Waals surface area (Å²) in [6.45, 7) is 4.77. The molecule has 2 unspecified atom stereocenters. The van der Waals surface area contributed by atoms with Gasteiger partial charge in [0.05, 0.1) is 12.0 Å². The Hall–Kier alpha value is -2.05. The van der Waals surface area contributed by atoms with E-state index >= 15 is 0 Å². The number of piperidine rings is 1. The first-order valence-electron chi connectivity index (χ1n) is 9.28. The van der Waals surface area contributed by atoms with Crippen molar-refractivity contribution in [3.05, 3.63) is 11.8 Å². The number of nitrogens with one attached hydrogen (secondary N) is 1. The number of carboxylic acids is 1. The van der Waals surface area contributed by atoms with Gasteiger partial charge in [-0.3, -0.25) is 14.8 Å². The van der Waals surface area contributed by atoms with Crippen molar-refractivity contribution in [3.63, 3.8) is 0 Å². The summed E-state index contributed by atoms with van der Waals surface area (Å²) in [4.78, 5) is 25.5. The number of aromatic nitrogens is 2. The monoisotopic (exact) mass is 348 g/mol. The van der Waals surface area contributed by atoms with Crippen LogP contribution < -0.4 is 5.32 Å². The lowest BCUT2D eigenvalue weighted by Crippen LogP contribution is -2.47. The Bertz CT molecular complexity index is 636. The standard InChI is InChI=1S/C18H28N4O3/c1-12-8-14(17(23)24)11-21(9-12)18(25)19-16-13(2)10-22(20-16)15-6-4-3-5-7-15/h10,12,14-15H,3-9,11H2,1-2H3,(H,23,24)(H,19,20,25). The summed E-state index contributed by atoms with van der Waals surface area (Å²) in [6, 6.07) is 0.166. The Kier molecular flexibility index (Phi) is 5.30. The summed E-state index contributed by atoms with van der Waals surface area (Å²) in [5.41, 5.74) is 0.943. The Morgan fingerprint density at radius 2 is 1.96 bits per heavy atom. The third-order valence-corrected chi connectivity index (χ3v) is 5.39. The number of aryl methyl sites for hydroxylation is 1. The third-order valence-electron chi connectivity index (χ3n) is 5.39. The molecule has 0 bridgehead atoms. The van der Waals surface area contributed by atoms with Gasteiger partial charge in [0.25, 0.3) is 0 Å². The molecule has 7 heteroatoms. The highest BCUT2D eigenvalue weighted by molar-refractivity contribution is 5.89. The van der Waals surface area contributed by atoms with Crippen molar-refractivity contribution in [1.82, 2.24) is 14.7 Å². The van der Waals surface area contributed by atoms with Gasteiger partial charge in [-0.25, -0.2) is 4.79 Å². The molecule has 2 amide bonds. The van der Waals surface area contributed by atoms with E-state index < -0.39 is 11.9 Å². The molecule has 0 aromatic carbocycles. The van der Waals surface area contributed by atoms with Crippen molar-refractivity contribution < 1.29 is 14.7 Å². The molecular formula is C18H28N4O3. The van der Waals surface area contributed by atoms with E-state index in [9.17, 15) is 14.7 Å². The topological polar surface area (TPSA) is 87.5 Å². The largest absolute Gasteiger partial charge is 0.481 e. The molecule has 0 radical (unpaired) electrons. The van der Waals surface area contributed by atoms with Crippen molar-refractivity contribution in [3.8, 4) is 0 Å². The average molecular weight is 348 g/mol. The second-order valence-corrected chi connectivity index (χ2v) is 7.64. The molecule has 2 N–H and O–H groups in total. The lowest BCUT2D eigenvalue weighted by atomic mass is 9.91. The fourth-order valence-electron chi connectivity index (χ4n) is 4.02. The minimum Gasteiger partial charge on any atom is -0.481 e. The van der Waals surface area contributed by atoms with E-state index in [1.807, 2.05) is 24.7 Å². The fourth-order valence-corrected chi connectivity index (χ4v) is 4.02. The molecule has 1 saturated carbocycles. The molecule has 2 aliphatic rings. The highest BCUT2D eigenvalue weighted by Gasteiger charge is 2.32. The van der Waals surface area contributed by atoms with Gasteiger partial charge in [0.1, 0.15) is 0 Å². The first-order valence-corrected chi connectivity index (χ1v) is 9.28. The van der Waals surface area contributed by atoms with Gasteiger partial charge in [0, 0.05) is 24.8 Å². The molecule has 1 aliphatic carbocycles. The second kappa shape index (κ2) is 7.45. The van der Waals surface area contributed by atoms with Crippen LogP contribution >= 0.6 is 0 Å². The smallest absolute Gasteiger partial charge is 0.323 e. The van der Waals surface area contributed by atoms with E-state index in [2.05, 4.69) is 10.4 Å². The van der Waals surface area contributed by atoms with E-state index in [0.29, 0.717) is 24.8 Å². The van der Waals surface area contributed by atoms with Crippen LogP contribution in [0.2, 0.25) is 0 Å². The van der Waals surface area contributed by atoms with Gasteiger partial charge in [-0.1, -0.05) is 26.2 Å². The van der Waals surface area contributed by atoms with Gasteiger partial charge in [-0.2, -0.15) is 5.10 Å². The summed E-state index contributed by atoms with van der Waals surface area (Å²) in [5.74, 6) is -0.556. The van der Waals surface area contributed by atoms with Crippen LogP contribution in [0.25, 0.3) is 0 Å². The first-order chi connectivity index (χ1) is 11.9. The quantitative estimate of drug-likeness (QED) is 0.877. The lowest BCUT2D eigenvalue weighted by molar-refractivity contribution is -0.143. The summed E-state index contributed by atoms with van der Waals surface area (Å²) in [6.07, 6.45) is 8.65. The number of hydrogen-bond acceptors (Lipinski definition) is 3. The molecular weight excluding hydrogens is 320 g/mol. The minimum atomic E-state index is -0.831. The van der Waals surface area contributed by atoms with Crippen molar-refractivity contribution >= 4 is 17.8 Å². The zero-order valence-corrected chi connectivity index (χ0v) is 15.1. The van der Waals surface area contributed by atoms with E-state index in [1.165, 1.54) is 19.3 Å². The molecule has 3 rings (SSSR count). The van der Waals surface area contributed by atoms with Crippen molar-refractivity contribution in [2.24, 2.45) is 11.8 Å². The van der Waals surface area contributed by atoms with Gasteiger partial charge < -0.3 is 10.0 Å².